The van der Waals surface area contributed by atoms with Gasteiger partial charge >= 0.3 is 0 Å². The number of hydrogen-bond acceptors (Lipinski definition) is 4. The van der Waals surface area contributed by atoms with E-state index < -0.39 is 28.3 Å². The first-order valence-electron chi connectivity index (χ1n) is 12.8. The zero-order valence-electron chi connectivity index (χ0n) is 21.9. The zero-order valence-corrected chi connectivity index (χ0v) is 22.8. The Morgan fingerprint density at radius 1 is 0.568 bits per heavy atom. The minimum Gasteiger partial charge on any atom is -0.342 e. The Hall–Kier alpha value is -2.89. The molecule has 0 amide bonds. The highest BCUT2D eigenvalue weighted by molar-refractivity contribution is 7.81. The molecule has 0 aliphatic carbocycles. The summed E-state index contributed by atoms with van der Waals surface area (Å²) in [6.45, 7) is 4.00. The molecule has 5 rings (SSSR count). The van der Waals surface area contributed by atoms with Gasteiger partial charge in [0.15, 0.2) is 5.79 Å². The lowest BCUT2D eigenvalue weighted by atomic mass is 9.71. The normalized spacial score (nSPS) is 19.7. The molecule has 37 heavy (non-hydrogen) atoms. The van der Waals surface area contributed by atoms with Gasteiger partial charge in [0.2, 0.25) is 0 Å². The van der Waals surface area contributed by atoms with Gasteiger partial charge in [-0.25, -0.2) is 0 Å². The van der Waals surface area contributed by atoms with Crippen LogP contribution in [-0.4, -0.2) is 37.0 Å². The number of hydrogen-bond donors (Lipinski definition) is 1. The summed E-state index contributed by atoms with van der Waals surface area (Å²) in [5.41, 5.74) is 3.75. The first-order chi connectivity index (χ1) is 17.8. The monoisotopic (exact) mass is 509 g/mol. The third-order valence-corrected chi connectivity index (χ3v) is 8.25. The molecule has 4 heteroatoms. The molecule has 4 aromatic rings. The maximum atomic E-state index is 6.97. The summed E-state index contributed by atoms with van der Waals surface area (Å²) in [7, 11) is 4.24. The highest BCUT2D eigenvalue weighted by Gasteiger charge is 2.61. The molecule has 190 valence electrons. The van der Waals surface area contributed by atoms with Crippen LogP contribution in [0.5, 0.6) is 0 Å². The molecule has 0 spiro atoms. The molecule has 1 fully saturated rings. The second-order valence-electron chi connectivity index (χ2n) is 10.4. The maximum absolute atomic E-state index is 6.97. The Bertz CT molecular complexity index is 1210. The van der Waals surface area contributed by atoms with Crippen LogP contribution >= 0.6 is 12.6 Å². The fourth-order valence-corrected chi connectivity index (χ4v) is 6.39. The third-order valence-electron chi connectivity index (χ3n) is 7.48. The van der Waals surface area contributed by atoms with E-state index >= 15 is 0 Å². The fraction of sp³-hybridized carbons (Fsp3) is 0.273. The van der Waals surface area contributed by atoms with Crippen LogP contribution in [0.2, 0.25) is 0 Å². The van der Waals surface area contributed by atoms with Crippen LogP contribution in [0.4, 0.5) is 0 Å². The second kappa shape index (κ2) is 10.1. The minimum absolute atomic E-state index is 0.403. The van der Waals surface area contributed by atoms with Crippen molar-refractivity contribution in [1.82, 2.24) is 4.90 Å². The van der Waals surface area contributed by atoms with Crippen LogP contribution in [0.15, 0.2) is 121 Å². The van der Waals surface area contributed by atoms with Crippen LogP contribution in [0.25, 0.3) is 0 Å². The first-order valence-corrected chi connectivity index (χ1v) is 13.2. The summed E-state index contributed by atoms with van der Waals surface area (Å²) in [5.74, 6) is -0.822. The predicted molar refractivity (Wildman–Crippen MR) is 154 cm³/mol. The number of likely N-dealkylation sites (N-methyl/N-ethyl adjacent to an activating group) is 1. The average Bonchev–Trinajstić information content (AvgIpc) is 3.26. The van der Waals surface area contributed by atoms with Gasteiger partial charge in [-0.15, -0.1) is 0 Å². The lowest BCUT2D eigenvalue weighted by molar-refractivity contribution is -0.157. The van der Waals surface area contributed by atoms with Gasteiger partial charge in [-0.3, -0.25) is 4.90 Å². The lowest BCUT2D eigenvalue weighted by Gasteiger charge is -2.49. The SMILES string of the molecule is CN(C)C(c1ccccc1)(c1ccccc1)[C@H]1OC(C)(C)O[C@@H]1C(S)(c1ccccc1)c1ccccc1. The van der Waals surface area contributed by atoms with Gasteiger partial charge < -0.3 is 9.47 Å². The Labute approximate surface area is 226 Å². The second-order valence-corrected chi connectivity index (χ2v) is 11.1. The summed E-state index contributed by atoms with van der Waals surface area (Å²) in [6.07, 6.45) is -0.835. The summed E-state index contributed by atoms with van der Waals surface area (Å²) in [5, 5.41) is 0. The highest BCUT2D eigenvalue weighted by Crippen LogP contribution is 2.54. The van der Waals surface area contributed by atoms with Crippen LogP contribution < -0.4 is 0 Å². The minimum atomic E-state index is -0.822. The molecule has 1 heterocycles. The van der Waals surface area contributed by atoms with E-state index in [0.717, 1.165) is 22.3 Å². The Morgan fingerprint density at radius 3 is 1.24 bits per heavy atom. The molecule has 0 radical (unpaired) electrons. The van der Waals surface area contributed by atoms with E-state index in [1.807, 2.05) is 26.0 Å². The third kappa shape index (κ3) is 4.42. The Kier molecular flexibility index (Phi) is 7.03. The fourth-order valence-electron chi connectivity index (χ4n) is 5.90. The molecule has 0 N–H and O–H groups in total. The molecule has 0 bridgehead atoms. The van der Waals surface area contributed by atoms with Gasteiger partial charge in [-0.2, -0.15) is 12.6 Å². The molecule has 2 atom stereocenters. The van der Waals surface area contributed by atoms with Crippen molar-refractivity contribution in [3.8, 4) is 0 Å². The summed E-state index contributed by atoms with van der Waals surface area (Å²) in [4.78, 5) is 2.27. The quantitative estimate of drug-likeness (QED) is 0.274. The van der Waals surface area contributed by atoms with Crippen molar-refractivity contribution >= 4 is 12.6 Å². The number of ether oxygens (including phenoxy) is 2. The number of rotatable bonds is 7. The van der Waals surface area contributed by atoms with E-state index in [9.17, 15) is 0 Å². The van der Waals surface area contributed by atoms with E-state index in [1.54, 1.807) is 0 Å². The first kappa shape index (κ1) is 25.7. The summed E-state index contributed by atoms with van der Waals surface area (Å²) >= 11 is 5.53. The molecule has 4 aromatic carbocycles. The van der Waals surface area contributed by atoms with Crippen molar-refractivity contribution in [3.63, 3.8) is 0 Å². The van der Waals surface area contributed by atoms with Crippen molar-refractivity contribution in [2.24, 2.45) is 0 Å². The van der Waals surface area contributed by atoms with Crippen LogP contribution in [0, 0.1) is 0 Å². The molecule has 0 saturated carbocycles. The van der Waals surface area contributed by atoms with Gasteiger partial charge in [0.05, 0.1) is 4.75 Å². The van der Waals surface area contributed by atoms with Crippen molar-refractivity contribution < 1.29 is 9.47 Å². The number of benzene rings is 4. The van der Waals surface area contributed by atoms with Crippen molar-refractivity contribution in [3.05, 3.63) is 144 Å². The van der Waals surface area contributed by atoms with E-state index in [4.69, 9.17) is 22.1 Å². The van der Waals surface area contributed by atoms with E-state index in [2.05, 4.69) is 128 Å². The summed E-state index contributed by atoms with van der Waals surface area (Å²) < 4.78 is 13.1. The number of nitrogens with zero attached hydrogens (tertiary/aromatic N) is 1. The Balaban J connectivity index is 1.82. The van der Waals surface area contributed by atoms with Gasteiger partial charge in [0.25, 0.3) is 0 Å². The lowest BCUT2D eigenvalue weighted by Crippen LogP contribution is -2.59. The predicted octanol–water partition coefficient (Wildman–Crippen LogP) is 6.89. The van der Waals surface area contributed by atoms with Crippen molar-refractivity contribution in [1.29, 1.82) is 0 Å². The van der Waals surface area contributed by atoms with Gasteiger partial charge in [-0.05, 0) is 50.2 Å². The molecular formula is C33H35NO2S. The maximum Gasteiger partial charge on any atom is 0.163 e. The van der Waals surface area contributed by atoms with Crippen LogP contribution in [0.1, 0.15) is 36.1 Å². The summed E-state index contributed by atoms with van der Waals surface area (Å²) in [6, 6.07) is 42.1. The van der Waals surface area contributed by atoms with E-state index in [-0.39, 0.29) is 0 Å². The standard InChI is InChI=1S/C33H35NO2S/c1-31(2)35-29(32(34(3)4,25-17-9-5-10-18-25)26-19-11-6-12-20-26)30(36-31)33(37,27-21-13-7-14-22-27)28-23-15-8-16-24-28/h5-24,29-30,37H,1-4H3/t29-,30-/m0/s1. The molecule has 0 unspecified atom stereocenters. The number of thiol groups is 1. The van der Waals surface area contributed by atoms with Crippen molar-refractivity contribution in [2.75, 3.05) is 14.1 Å². The van der Waals surface area contributed by atoms with Crippen molar-refractivity contribution in [2.45, 2.75) is 42.1 Å². The smallest absolute Gasteiger partial charge is 0.163 e. The molecule has 1 aliphatic rings. The highest BCUT2D eigenvalue weighted by atomic mass is 32.1. The van der Waals surface area contributed by atoms with Gasteiger partial charge in [-0.1, -0.05) is 121 Å². The average molecular weight is 510 g/mol. The molecule has 0 aromatic heterocycles. The zero-order chi connectivity index (χ0) is 26.1. The molecular weight excluding hydrogens is 474 g/mol. The van der Waals surface area contributed by atoms with E-state index in [0.29, 0.717) is 0 Å². The Morgan fingerprint density at radius 2 is 0.892 bits per heavy atom. The molecule has 3 nitrogen and oxygen atoms in total. The topological polar surface area (TPSA) is 21.7 Å². The largest absolute Gasteiger partial charge is 0.342 e. The van der Waals surface area contributed by atoms with E-state index in [1.165, 1.54) is 0 Å². The van der Waals surface area contributed by atoms with Gasteiger partial charge in [0, 0.05) is 0 Å². The van der Waals surface area contributed by atoms with Crippen LogP contribution in [-0.2, 0) is 19.8 Å². The van der Waals surface area contributed by atoms with Crippen LogP contribution in [0.3, 0.4) is 0 Å². The molecule has 1 saturated heterocycles. The van der Waals surface area contributed by atoms with Gasteiger partial charge in [0.1, 0.15) is 17.7 Å². The molecule has 1 aliphatic heterocycles.